The van der Waals surface area contributed by atoms with Crippen molar-refractivity contribution in [1.82, 2.24) is 15.1 Å². The number of methoxy groups -OCH3 is 1. The first-order chi connectivity index (χ1) is 16.2. The molecule has 0 unspecified atom stereocenters. The van der Waals surface area contributed by atoms with Gasteiger partial charge in [-0.1, -0.05) is 20.8 Å². The number of nitrogens with zero attached hydrogens (tertiary/aromatic N) is 2. The monoisotopic (exact) mass is 476 g/mol. The number of carbonyl (C=O) groups is 3. The minimum Gasteiger partial charge on any atom is -0.491 e. The van der Waals surface area contributed by atoms with Gasteiger partial charge in [0.1, 0.15) is 12.4 Å². The molecule has 0 fully saturated rings. The van der Waals surface area contributed by atoms with Crippen molar-refractivity contribution < 1.29 is 23.9 Å². The minimum atomic E-state index is -0.265. The number of hydrogen-bond donors (Lipinski definition) is 2. The van der Waals surface area contributed by atoms with Gasteiger partial charge in [-0.25, -0.2) is 4.79 Å². The molecule has 0 spiro atoms. The Bertz CT molecular complexity index is 847. The molecule has 1 aliphatic heterocycles. The number of likely N-dealkylation sites (N-methyl/N-ethyl adjacent to an activating group) is 1. The predicted octanol–water partition coefficient (Wildman–Crippen LogP) is 3.35. The van der Waals surface area contributed by atoms with Crippen LogP contribution in [0.15, 0.2) is 18.2 Å². The lowest BCUT2D eigenvalue weighted by atomic mass is 10.0. The van der Waals surface area contributed by atoms with Gasteiger partial charge in [-0.2, -0.15) is 0 Å². The number of hydrogen-bond acceptors (Lipinski definition) is 5. The molecule has 0 saturated heterocycles. The van der Waals surface area contributed by atoms with Gasteiger partial charge in [0.2, 0.25) is 5.91 Å². The maximum atomic E-state index is 13.4. The van der Waals surface area contributed by atoms with Gasteiger partial charge in [0.15, 0.2) is 0 Å². The number of rotatable bonds is 6. The summed E-state index contributed by atoms with van der Waals surface area (Å²) in [6.07, 6.45) is 1.72. The van der Waals surface area contributed by atoms with Gasteiger partial charge in [-0.15, -0.1) is 0 Å². The molecule has 1 aliphatic rings. The third-order valence-electron chi connectivity index (χ3n) is 5.99. The van der Waals surface area contributed by atoms with E-state index >= 15 is 0 Å². The van der Waals surface area contributed by atoms with Crippen molar-refractivity contribution in [3.8, 4) is 5.75 Å². The standard InChI is InChI=1S/C25H40N4O5/c1-7-9-23(30)27-19-10-11-21-20(13-19)24(31)28(5)15-22(33-6)17(3)14-29(18(4)16-34-21)25(32)26-12-8-2/h10-11,13,17-18,22H,7-9,12,14-16H2,1-6H3,(H,26,32)(H,27,30)/t17-,18+,22+/m0/s1. The molecule has 2 rings (SSSR count). The van der Waals surface area contributed by atoms with E-state index in [0.29, 0.717) is 43.1 Å². The molecule has 1 aromatic carbocycles. The summed E-state index contributed by atoms with van der Waals surface area (Å²) in [5.41, 5.74) is 0.897. The predicted molar refractivity (Wildman–Crippen MR) is 132 cm³/mol. The quantitative estimate of drug-likeness (QED) is 0.656. The number of carbonyl (C=O) groups excluding carboxylic acids is 3. The van der Waals surface area contributed by atoms with E-state index < -0.39 is 0 Å². The highest BCUT2D eigenvalue weighted by atomic mass is 16.5. The highest BCUT2D eigenvalue weighted by Crippen LogP contribution is 2.26. The summed E-state index contributed by atoms with van der Waals surface area (Å²) in [6, 6.07) is 4.69. The van der Waals surface area contributed by atoms with Crippen molar-refractivity contribution in [2.45, 2.75) is 59.1 Å². The molecule has 3 atom stereocenters. The summed E-state index contributed by atoms with van der Waals surface area (Å²) in [7, 11) is 3.34. The lowest BCUT2D eigenvalue weighted by Gasteiger charge is -2.36. The van der Waals surface area contributed by atoms with Gasteiger partial charge >= 0.3 is 6.03 Å². The first kappa shape index (κ1) is 27.4. The second-order valence-corrected chi connectivity index (χ2v) is 8.99. The molecule has 1 aromatic rings. The van der Waals surface area contributed by atoms with E-state index in [1.54, 1.807) is 42.2 Å². The Morgan fingerprint density at radius 3 is 2.56 bits per heavy atom. The van der Waals surface area contributed by atoms with Crippen LogP contribution < -0.4 is 15.4 Å². The van der Waals surface area contributed by atoms with Crippen molar-refractivity contribution in [3.05, 3.63) is 23.8 Å². The fourth-order valence-electron chi connectivity index (χ4n) is 3.92. The van der Waals surface area contributed by atoms with E-state index in [4.69, 9.17) is 9.47 Å². The second-order valence-electron chi connectivity index (χ2n) is 8.99. The molecule has 2 N–H and O–H groups in total. The summed E-state index contributed by atoms with van der Waals surface area (Å²) in [5, 5.41) is 5.80. The van der Waals surface area contributed by atoms with Crippen LogP contribution in [0.1, 0.15) is 57.3 Å². The Morgan fingerprint density at radius 2 is 1.91 bits per heavy atom. The Hall–Kier alpha value is -2.81. The number of anilines is 1. The van der Waals surface area contributed by atoms with Crippen molar-refractivity contribution >= 4 is 23.5 Å². The van der Waals surface area contributed by atoms with Crippen LogP contribution in [0, 0.1) is 5.92 Å². The number of fused-ring (bicyclic) bond motifs is 1. The van der Waals surface area contributed by atoms with E-state index in [9.17, 15) is 14.4 Å². The van der Waals surface area contributed by atoms with Crippen LogP contribution in [0.5, 0.6) is 5.75 Å². The van der Waals surface area contributed by atoms with E-state index in [1.165, 1.54) is 0 Å². The molecule has 190 valence electrons. The van der Waals surface area contributed by atoms with E-state index in [-0.39, 0.29) is 42.5 Å². The maximum absolute atomic E-state index is 13.4. The molecular formula is C25H40N4O5. The Morgan fingerprint density at radius 1 is 1.18 bits per heavy atom. The molecule has 1 heterocycles. The van der Waals surface area contributed by atoms with Gasteiger partial charge in [-0.3, -0.25) is 9.59 Å². The van der Waals surface area contributed by atoms with Crippen LogP contribution in [0.2, 0.25) is 0 Å². The number of urea groups is 1. The van der Waals surface area contributed by atoms with Crippen LogP contribution in [-0.4, -0.2) is 80.2 Å². The lowest BCUT2D eigenvalue weighted by Crippen LogP contribution is -2.51. The van der Waals surface area contributed by atoms with E-state index in [2.05, 4.69) is 10.6 Å². The summed E-state index contributed by atoms with van der Waals surface area (Å²) in [6.45, 7) is 9.52. The summed E-state index contributed by atoms with van der Waals surface area (Å²) in [5.74, 6) is 0.0666. The summed E-state index contributed by atoms with van der Waals surface area (Å²) < 4.78 is 11.8. The average molecular weight is 477 g/mol. The molecule has 9 nitrogen and oxygen atoms in total. The zero-order chi connectivity index (χ0) is 25.3. The van der Waals surface area contributed by atoms with Crippen LogP contribution >= 0.6 is 0 Å². The normalized spacial score (nSPS) is 21.6. The maximum Gasteiger partial charge on any atom is 0.317 e. The first-order valence-corrected chi connectivity index (χ1v) is 12.1. The molecular weight excluding hydrogens is 436 g/mol. The zero-order valence-electron chi connectivity index (χ0n) is 21.3. The van der Waals surface area contributed by atoms with E-state index in [1.807, 2.05) is 27.7 Å². The number of amides is 4. The van der Waals surface area contributed by atoms with Crippen LogP contribution in [0.3, 0.4) is 0 Å². The SMILES string of the molecule is CCCNC(=O)N1C[C@H](C)[C@H](OC)CN(C)C(=O)c2cc(NC(=O)CCC)ccc2OC[C@H]1C. The van der Waals surface area contributed by atoms with Gasteiger partial charge in [-0.05, 0) is 38.0 Å². The van der Waals surface area contributed by atoms with Gasteiger partial charge < -0.3 is 29.9 Å². The third kappa shape index (κ3) is 7.35. The van der Waals surface area contributed by atoms with Gasteiger partial charge in [0, 0.05) is 51.8 Å². The fraction of sp³-hybridized carbons (Fsp3) is 0.640. The van der Waals surface area contributed by atoms with Crippen molar-refractivity contribution in [2.75, 3.05) is 45.7 Å². The smallest absolute Gasteiger partial charge is 0.317 e. The van der Waals surface area contributed by atoms with Crippen LogP contribution in [0.4, 0.5) is 10.5 Å². The molecule has 0 saturated carbocycles. The molecule has 0 radical (unpaired) electrons. The van der Waals surface area contributed by atoms with Crippen molar-refractivity contribution in [3.63, 3.8) is 0 Å². The molecule has 4 amide bonds. The van der Waals surface area contributed by atoms with Crippen molar-refractivity contribution in [1.29, 1.82) is 0 Å². The Balaban J connectivity index is 2.40. The van der Waals surface area contributed by atoms with Crippen LogP contribution in [-0.2, 0) is 9.53 Å². The first-order valence-electron chi connectivity index (χ1n) is 12.1. The lowest BCUT2D eigenvalue weighted by molar-refractivity contribution is -0.116. The topological polar surface area (TPSA) is 100 Å². The highest BCUT2D eigenvalue weighted by Gasteiger charge is 2.30. The Kier molecular flexibility index (Phi) is 10.6. The second kappa shape index (κ2) is 13.2. The van der Waals surface area contributed by atoms with Crippen LogP contribution in [0.25, 0.3) is 0 Å². The summed E-state index contributed by atoms with van der Waals surface area (Å²) in [4.78, 5) is 41.7. The summed E-state index contributed by atoms with van der Waals surface area (Å²) >= 11 is 0. The van der Waals surface area contributed by atoms with E-state index in [0.717, 1.165) is 12.8 Å². The molecule has 0 bridgehead atoms. The molecule has 34 heavy (non-hydrogen) atoms. The molecule has 0 aliphatic carbocycles. The minimum absolute atomic E-state index is 0.0198. The number of nitrogens with one attached hydrogen (secondary N) is 2. The van der Waals surface area contributed by atoms with Gasteiger partial charge in [0.05, 0.1) is 17.7 Å². The molecule has 9 heteroatoms. The van der Waals surface area contributed by atoms with Gasteiger partial charge in [0.25, 0.3) is 5.91 Å². The number of ether oxygens (including phenoxy) is 2. The zero-order valence-corrected chi connectivity index (χ0v) is 21.3. The van der Waals surface area contributed by atoms with Crippen molar-refractivity contribution in [2.24, 2.45) is 5.92 Å². The third-order valence-corrected chi connectivity index (χ3v) is 5.99. The average Bonchev–Trinajstić information content (AvgIpc) is 2.81. The molecule has 0 aromatic heterocycles. The fourth-order valence-corrected chi connectivity index (χ4v) is 3.92. The number of benzene rings is 1. The highest BCUT2D eigenvalue weighted by molar-refractivity contribution is 5.99. The Labute approximate surface area is 203 Å². The largest absolute Gasteiger partial charge is 0.491 e.